The highest BCUT2D eigenvalue weighted by Gasteiger charge is 2.22. The number of hydrogen-bond donors (Lipinski definition) is 0. The van der Waals surface area contributed by atoms with Crippen molar-refractivity contribution in [3.05, 3.63) is 70.7 Å². The fraction of sp³-hybridized carbons (Fsp3) is 0.300. The Morgan fingerprint density at radius 1 is 0.864 bits per heavy atom. The first-order valence-corrected chi connectivity index (χ1v) is 8.27. The van der Waals surface area contributed by atoms with Crippen LogP contribution >= 0.6 is 11.6 Å². The molecular weight excluding hydrogens is 290 g/mol. The third-order valence-corrected chi connectivity index (χ3v) is 4.43. The molecule has 0 N–H and O–H groups in total. The van der Waals surface area contributed by atoms with E-state index in [1.165, 1.54) is 19.3 Å². The number of benzene rings is 2. The molecule has 1 aliphatic rings. The summed E-state index contributed by atoms with van der Waals surface area (Å²) in [6.07, 6.45) is 3.81. The highest BCUT2D eigenvalue weighted by molar-refractivity contribution is 6.31. The van der Waals surface area contributed by atoms with Crippen molar-refractivity contribution in [1.82, 2.24) is 4.90 Å². The summed E-state index contributed by atoms with van der Waals surface area (Å²) in [5.74, 6) is 6.77. The normalized spacial score (nSPS) is 16.6. The van der Waals surface area contributed by atoms with E-state index in [1.807, 2.05) is 48.5 Å². The monoisotopic (exact) mass is 309 g/mol. The van der Waals surface area contributed by atoms with Crippen molar-refractivity contribution < 1.29 is 0 Å². The summed E-state index contributed by atoms with van der Waals surface area (Å²) < 4.78 is 0. The summed E-state index contributed by atoms with van der Waals surface area (Å²) in [4.78, 5) is 2.46. The lowest BCUT2D eigenvalue weighted by atomic mass is 10.0. The Balaban J connectivity index is 1.93. The maximum Gasteiger partial charge on any atom is 0.0989 e. The fourth-order valence-electron chi connectivity index (χ4n) is 2.91. The average Bonchev–Trinajstić information content (AvgIpc) is 2.58. The van der Waals surface area contributed by atoms with Crippen LogP contribution in [0.4, 0.5) is 0 Å². The van der Waals surface area contributed by atoms with E-state index in [0.29, 0.717) is 0 Å². The van der Waals surface area contributed by atoms with Crippen molar-refractivity contribution in [2.24, 2.45) is 0 Å². The second-order valence-corrected chi connectivity index (χ2v) is 6.06. The lowest BCUT2D eigenvalue weighted by Gasteiger charge is -2.32. The van der Waals surface area contributed by atoms with Crippen LogP contribution < -0.4 is 0 Å². The highest BCUT2D eigenvalue weighted by atomic mass is 35.5. The second-order valence-electron chi connectivity index (χ2n) is 5.66. The van der Waals surface area contributed by atoms with Crippen molar-refractivity contribution in [1.29, 1.82) is 0 Å². The molecule has 1 atom stereocenters. The minimum absolute atomic E-state index is 0.0780. The van der Waals surface area contributed by atoms with Gasteiger partial charge in [-0.3, -0.25) is 4.90 Å². The summed E-state index contributed by atoms with van der Waals surface area (Å²) >= 11 is 6.43. The molecule has 0 amide bonds. The molecule has 0 aliphatic carbocycles. The van der Waals surface area contributed by atoms with Crippen LogP contribution in [-0.2, 0) is 0 Å². The van der Waals surface area contributed by atoms with Crippen LogP contribution in [0.5, 0.6) is 0 Å². The average molecular weight is 310 g/mol. The van der Waals surface area contributed by atoms with Crippen LogP contribution in [0.3, 0.4) is 0 Å². The van der Waals surface area contributed by atoms with Gasteiger partial charge in [0, 0.05) is 10.6 Å². The molecule has 0 radical (unpaired) electrons. The molecule has 112 valence electrons. The van der Waals surface area contributed by atoms with Crippen molar-refractivity contribution in [3.63, 3.8) is 0 Å². The zero-order valence-corrected chi connectivity index (χ0v) is 13.4. The molecule has 3 rings (SSSR count). The summed E-state index contributed by atoms with van der Waals surface area (Å²) in [5, 5.41) is 0.806. The molecule has 0 spiro atoms. The predicted molar refractivity (Wildman–Crippen MR) is 92.9 cm³/mol. The van der Waals surface area contributed by atoms with E-state index in [4.69, 9.17) is 11.6 Å². The van der Waals surface area contributed by atoms with Gasteiger partial charge in [-0.1, -0.05) is 66.3 Å². The molecule has 1 fully saturated rings. The third kappa shape index (κ3) is 3.71. The van der Waals surface area contributed by atoms with E-state index in [1.54, 1.807) is 0 Å². The van der Waals surface area contributed by atoms with E-state index in [0.717, 1.165) is 29.2 Å². The van der Waals surface area contributed by atoms with E-state index in [2.05, 4.69) is 22.8 Å². The molecule has 2 aromatic rings. The molecule has 2 aromatic carbocycles. The zero-order chi connectivity index (χ0) is 15.2. The number of nitrogens with zero attached hydrogens (tertiary/aromatic N) is 1. The van der Waals surface area contributed by atoms with Crippen LogP contribution in [0.1, 0.15) is 36.4 Å². The molecule has 1 heterocycles. The summed E-state index contributed by atoms with van der Waals surface area (Å²) in [7, 11) is 0. The van der Waals surface area contributed by atoms with E-state index in [9.17, 15) is 0 Å². The number of rotatable bonds is 2. The Hall–Kier alpha value is -1.75. The number of halogens is 1. The zero-order valence-electron chi connectivity index (χ0n) is 12.6. The van der Waals surface area contributed by atoms with Crippen molar-refractivity contribution in [3.8, 4) is 11.8 Å². The van der Waals surface area contributed by atoms with Crippen LogP contribution in [0.15, 0.2) is 54.6 Å². The molecule has 1 unspecified atom stereocenters. The predicted octanol–water partition coefficient (Wildman–Crippen LogP) is 4.92. The van der Waals surface area contributed by atoms with Gasteiger partial charge in [0.2, 0.25) is 0 Å². The van der Waals surface area contributed by atoms with Gasteiger partial charge in [-0.15, -0.1) is 0 Å². The summed E-state index contributed by atoms with van der Waals surface area (Å²) in [6, 6.07) is 18.3. The Morgan fingerprint density at radius 2 is 1.55 bits per heavy atom. The van der Waals surface area contributed by atoms with Gasteiger partial charge in [-0.05, 0) is 49.7 Å². The Bertz CT molecular complexity index is 663. The van der Waals surface area contributed by atoms with Gasteiger partial charge >= 0.3 is 0 Å². The molecular formula is C20H20ClN. The minimum Gasteiger partial charge on any atom is -0.286 e. The first-order chi connectivity index (χ1) is 10.8. The molecule has 1 saturated heterocycles. The molecule has 1 aliphatic heterocycles. The Morgan fingerprint density at radius 3 is 2.27 bits per heavy atom. The summed E-state index contributed by atoms with van der Waals surface area (Å²) in [5.41, 5.74) is 2.17. The Kier molecular flexibility index (Phi) is 5.16. The number of hydrogen-bond acceptors (Lipinski definition) is 1. The molecule has 22 heavy (non-hydrogen) atoms. The van der Waals surface area contributed by atoms with Gasteiger partial charge in [0.05, 0.1) is 6.04 Å². The van der Waals surface area contributed by atoms with Gasteiger partial charge in [0.1, 0.15) is 0 Å². The molecule has 0 aromatic heterocycles. The molecule has 2 heteroatoms. The number of likely N-dealkylation sites (tertiary alicyclic amines) is 1. The van der Waals surface area contributed by atoms with Gasteiger partial charge in [-0.2, -0.15) is 0 Å². The minimum atomic E-state index is 0.0780. The van der Waals surface area contributed by atoms with Crippen LogP contribution in [0, 0.1) is 11.8 Å². The SMILES string of the molecule is Clc1ccccc1C(C#Cc1ccccc1)N1CCCCC1. The quantitative estimate of drug-likeness (QED) is 0.712. The lowest BCUT2D eigenvalue weighted by Crippen LogP contribution is -2.33. The molecule has 1 nitrogen and oxygen atoms in total. The van der Waals surface area contributed by atoms with Gasteiger partial charge in [0.15, 0.2) is 0 Å². The summed E-state index contributed by atoms with van der Waals surface area (Å²) in [6.45, 7) is 2.19. The third-order valence-electron chi connectivity index (χ3n) is 4.08. The van der Waals surface area contributed by atoms with E-state index >= 15 is 0 Å². The van der Waals surface area contributed by atoms with Crippen molar-refractivity contribution in [2.75, 3.05) is 13.1 Å². The van der Waals surface area contributed by atoms with Crippen LogP contribution in [-0.4, -0.2) is 18.0 Å². The highest BCUT2D eigenvalue weighted by Crippen LogP contribution is 2.29. The topological polar surface area (TPSA) is 3.24 Å². The second kappa shape index (κ2) is 7.49. The Labute approximate surface area is 137 Å². The van der Waals surface area contributed by atoms with Gasteiger partial charge in [-0.25, -0.2) is 0 Å². The van der Waals surface area contributed by atoms with E-state index < -0.39 is 0 Å². The molecule has 0 bridgehead atoms. The maximum absolute atomic E-state index is 6.43. The number of piperidine rings is 1. The molecule has 0 saturated carbocycles. The van der Waals surface area contributed by atoms with Crippen LogP contribution in [0.2, 0.25) is 5.02 Å². The standard InChI is InChI=1S/C20H20ClN/c21-19-12-6-5-11-18(19)20(22-15-7-2-8-16-22)14-13-17-9-3-1-4-10-17/h1,3-6,9-12,20H,2,7-8,15-16H2. The smallest absolute Gasteiger partial charge is 0.0989 e. The maximum atomic E-state index is 6.43. The van der Waals surface area contributed by atoms with E-state index in [-0.39, 0.29) is 6.04 Å². The first-order valence-electron chi connectivity index (χ1n) is 7.90. The lowest BCUT2D eigenvalue weighted by molar-refractivity contribution is 0.197. The van der Waals surface area contributed by atoms with Crippen molar-refractivity contribution in [2.45, 2.75) is 25.3 Å². The first kappa shape index (κ1) is 15.2. The van der Waals surface area contributed by atoms with Gasteiger partial charge < -0.3 is 0 Å². The van der Waals surface area contributed by atoms with Gasteiger partial charge in [0.25, 0.3) is 0 Å². The largest absolute Gasteiger partial charge is 0.286 e. The van der Waals surface area contributed by atoms with Crippen LogP contribution in [0.25, 0.3) is 0 Å². The van der Waals surface area contributed by atoms with Crippen molar-refractivity contribution >= 4 is 11.6 Å². The fourth-order valence-corrected chi connectivity index (χ4v) is 3.15.